The van der Waals surface area contributed by atoms with Crippen LogP contribution in [0, 0.1) is 19.8 Å². The minimum Gasteiger partial charge on any atom is -0.497 e. The van der Waals surface area contributed by atoms with E-state index < -0.39 is 0 Å². The molecule has 6 nitrogen and oxygen atoms in total. The second-order valence-electron chi connectivity index (χ2n) is 7.18. The molecule has 0 radical (unpaired) electrons. The summed E-state index contributed by atoms with van der Waals surface area (Å²) < 4.78 is 6.81. The summed E-state index contributed by atoms with van der Waals surface area (Å²) in [6, 6.07) is 7.26. The average Bonchev–Trinajstić information content (AvgIpc) is 2.98. The van der Waals surface area contributed by atoms with Crippen LogP contribution in [0.15, 0.2) is 34.2 Å². The molecule has 0 spiro atoms. The third-order valence-electron chi connectivity index (χ3n) is 4.54. The third-order valence-corrected chi connectivity index (χ3v) is 6.58. The Labute approximate surface area is 178 Å². The van der Waals surface area contributed by atoms with Crippen molar-refractivity contribution in [3.63, 3.8) is 0 Å². The van der Waals surface area contributed by atoms with Gasteiger partial charge in [0, 0.05) is 11.4 Å². The molecular formula is C21H25N3O3S2. The summed E-state index contributed by atoms with van der Waals surface area (Å²) in [4.78, 5) is 32.1. The van der Waals surface area contributed by atoms with E-state index in [1.54, 1.807) is 11.7 Å². The number of ether oxygens (including phenoxy) is 1. The predicted octanol–water partition coefficient (Wildman–Crippen LogP) is 3.94. The number of nitrogens with zero attached hydrogens (tertiary/aromatic N) is 2. The zero-order chi connectivity index (χ0) is 21.1. The summed E-state index contributed by atoms with van der Waals surface area (Å²) in [5, 5.41) is 4.05. The first-order valence-electron chi connectivity index (χ1n) is 9.38. The quantitative estimate of drug-likeness (QED) is 0.453. The summed E-state index contributed by atoms with van der Waals surface area (Å²) in [7, 11) is 1.60. The van der Waals surface area contributed by atoms with Crippen molar-refractivity contribution in [3.05, 3.63) is 45.1 Å². The van der Waals surface area contributed by atoms with Gasteiger partial charge in [-0.15, -0.1) is 11.3 Å². The number of carbonyl (C=O) groups excluding carboxylic acids is 1. The minimum atomic E-state index is -0.118. The Morgan fingerprint density at radius 2 is 1.97 bits per heavy atom. The van der Waals surface area contributed by atoms with Gasteiger partial charge in [-0.25, -0.2) is 4.98 Å². The van der Waals surface area contributed by atoms with Crippen LogP contribution in [0.2, 0.25) is 0 Å². The zero-order valence-corrected chi connectivity index (χ0v) is 18.9. The molecule has 0 saturated carbocycles. The molecule has 3 rings (SSSR count). The van der Waals surface area contributed by atoms with Crippen molar-refractivity contribution in [2.75, 3.05) is 19.4 Å². The summed E-state index contributed by atoms with van der Waals surface area (Å²) in [6.07, 6.45) is 0. The van der Waals surface area contributed by atoms with E-state index in [9.17, 15) is 9.59 Å². The first kappa shape index (κ1) is 21.4. The molecular weight excluding hydrogens is 406 g/mol. The van der Waals surface area contributed by atoms with Crippen molar-refractivity contribution >= 4 is 39.2 Å². The van der Waals surface area contributed by atoms with E-state index in [0.29, 0.717) is 39.3 Å². The van der Waals surface area contributed by atoms with E-state index in [-0.39, 0.29) is 17.2 Å². The smallest absolute Gasteiger partial charge is 0.267 e. The van der Waals surface area contributed by atoms with E-state index in [1.165, 1.54) is 23.1 Å². The van der Waals surface area contributed by atoms with Crippen LogP contribution < -0.4 is 15.6 Å². The fourth-order valence-corrected chi connectivity index (χ4v) is 4.74. The molecule has 0 aliphatic rings. The Morgan fingerprint density at radius 3 is 2.59 bits per heavy atom. The van der Waals surface area contributed by atoms with E-state index in [1.807, 2.05) is 52.0 Å². The van der Waals surface area contributed by atoms with Crippen molar-refractivity contribution < 1.29 is 9.53 Å². The summed E-state index contributed by atoms with van der Waals surface area (Å²) in [5.41, 5.74) is 1.53. The maximum absolute atomic E-state index is 13.4. The topological polar surface area (TPSA) is 73.2 Å². The number of methoxy groups -OCH3 is 1. The van der Waals surface area contributed by atoms with Gasteiger partial charge in [-0.2, -0.15) is 0 Å². The predicted molar refractivity (Wildman–Crippen MR) is 120 cm³/mol. The lowest BCUT2D eigenvalue weighted by Gasteiger charge is -2.13. The molecule has 8 heteroatoms. The second kappa shape index (κ2) is 9.00. The lowest BCUT2D eigenvalue weighted by atomic mass is 10.2. The number of amides is 1. The van der Waals surface area contributed by atoms with Crippen LogP contribution in [0.3, 0.4) is 0 Å². The first-order valence-corrected chi connectivity index (χ1v) is 11.2. The van der Waals surface area contributed by atoms with Gasteiger partial charge in [-0.1, -0.05) is 25.6 Å². The SMILES string of the molecule is COc1ccc(-n2c(SCC(=O)NCC(C)C)nc3sc(C)c(C)c3c2=O)cc1. The number of aryl methyl sites for hydroxylation is 2. The Hall–Kier alpha value is -2.32. The highest BCUT2D eigenvalue weighted by atomic mass is 32.2. The van der Waals surface area contributed by atoms with Crippen molar-refractivity contribution in [1.82, 2.24) is 14.9 Å². The van der Waals surface area contributed by atoms with Gasteiger partial charge in [0.15, 0.2) is 5.16 Å². The molecule has 0 unspecified atom stereocenters. The monoisotopic (exact) mass is 431 g/mol. The van der Waals surface area contributed by atoms with Crippen molar-refractivity contribution in [1.29, 1.82) is 0 Å². The number of rotatable bonds is 7. The molecule has 0 fully saturated rings. The number of hydrogen-bond donors (Lipinski definition) is 1. The van der Waals surface area contributed by atoms with Crippen LogP contribution in [0.5, 0.6) is 5.75 Å². The van der Waals surface area contributed by atoms with Crippen LogP contribution in [-0.4, -0.2) is 34.9 Å². The van der Waals surface area contributed by atoms with Crippen LogP contribution in [0.4, 0.5) is 0 Å². The van der Waals surface area contributed by atoms with Crippen LogP contribution in [0.25, 0.3) is 15.9 Å². The number of carbonyl (C=O) groups is 1. The molecule has 3 aromatic rings. The molecule has 0 aliphatic heterocycles. The number of thioether (sulfide) groups is 1. The fourth-order valence-electron chi connectivity index (χ4n) is 2.83. The van der Waals surface area contributed by atoms with E-state index in [0.717, 1.165) is 10.4 Å². The molecule has 0 aliphatic carbocycles. The number of fused-ring (bicyclic) bond motifs is 1. The summed E-state index contributed by atoms with van der Waals surface area (Å²) >= 11 is 2.78. The van der Waals surface area contributed by atoms with Gasteiger partial charge in [0.05, 0.1) is 23.9 Å². The molecule has 154 valence electrons. The molecule has 29 heavy (non-hydrogen) atoms. The molecule has 1 N–H and O–H groups in total. The lowest BCUT2D eigenvalue weighted by Crippen LogP contribution is -2.29. The highest BCUT2D eigenvalue weighted by molar-refractivity contribution is 7.99. The van der Waals surface area contributed by atoms with E-state index >= 15 is 0 Å². The van der Waals surface area contributed by atoms with Gasteiger partial charge in [0.25, 0.3) is 5.56 Å². The number of aromatic nitrogens is 2. The second-order valence-corrected chi connectivity index (χ2v) is 9.33. The van der Waals surface area contributed by atoms with Crippen LogP contribution in [-0.2, 0) is 4.79 Å². The molecule has 1 aromatic carbocycles. The van der Waals surface area contributed by atoms with Gasteiger partial charge in [0.1, 0.15) is 10.6 Å². The molecule has 0 bridgehead atoms. The maximum atomic E-state index is 13.4. The molecule has 0 atom stereocenters. The third kappa shape index (κ3) is 4.64. The number of benzene rings is 1. The molecule has 2 aromatic heterocycles. The minimum absolute atomic E-state index is 0.0714. The van der Waals surface area contributed by atoms with Crippen LogP contribution >= 0.6 is 23.1 Å². The molecule has 0 saturated heterocycles. The van der Waals surface area contributed by atoms with Crippen LogP contribution in [0.1, 0.15) is 24.3 Å². The Bertz CT molecular complexity index is 1090. The first-order chi connectivity index (χ1) is 13.8. The fraction of sp³-hybridized carbons (Fsp3) is 0.381. The van der Waals surface area contributed by atoms with Gasteiger partial charge >= 0.3 is 0 Å². The highest BCUT2D eigenvalue weighted by Gasteiger charge is 2.19. The lowest BCUT2D eigenvalue weighted by molar-refractivity contribution is -0.118. The number of hydrogen-bond acceptors (Lipinski definition) is 6. The normalized spacial score (nSPS) is 11.2. The van der Waals surface area contributed by atoms with Gasteiger partial charge in [-0.3, -0.25) is 14.2 Å². The Morgan fingerprint density at radius 1 is 1.28 bits per heavy atom. The average molecular weight is 432 g/mol. The standard InChI is InChI=1S/C21H25N3O3S2/c1-12(2)10-22-17(25)11-28-21-23-19-18(13(3)14(4)29-19)20(26)24(21)15-6-8-16(27-5)9-7-15/h6-9,12H,10-11H2,1-5H3,(H,22,25). The highest BCUT2D eigenvalue weighted by Crippen LogP contribution is 2.29. The van der Waals surface area contributed by atoms with Gasteiger partial charge in [-0.05, 0) is 49.6 Å². The molecule has 1 amide bonds. The summed E-state index contributed by atoms with van der Waals surface area (Å²) in [5.74, 6) is 1.22. The van der Waals surface area contributed by atoms with Gasteiger partial charge in [0.2, 0.25) is 5.91 Å². The number of nitrogens with one attached hydrogen (secondary N) is 1. The van der Waals surface area contributed by atoms with Crippen molar-refractivity contribution in [3.8, 4) is 11.4 Å². The largest absolute Gasteiger partial charge is 0.497 e. The number of thiophene rings is 1. The van der Waals surface area contributed by atoms with E-state index in [4.69, 9.17) is 9.72 Å². The van der Waals surface area contributed by atoms with E-state index in [2.05, 4.69) is 5.32 Å². The van der Waals surface area contributed by atoms with Gasteiger partial charge < -0.3 is 10.1 Å². The van der Waals surface area contributed by atoms with Crippen molar-refractivity contribution in [2.45, 2.75) is 32.9 Å². The molecule has 2 heterocycles. The Kier molecular flexibility index (Phi) is 6.64. The zero-order valence-electron chi connectivity index (χ0n) is 17.2. The van der Waals surface area contributed by atoms with Crippen molar-refractivity contribution in [2.24, 2.45) is 5.92 Å². The Balaban J connectivity index is 2.04. The summed E-state index contributed by atoms with van der Waals surface area (Å²) in [6.45, 7) is 8.66. The maximum Gasteiger partial charge on any atom is 0.267 e.